The summed E-state index contributed by atoms with van der Waals surface area (Å²) in [4.78, 5) is 12.5. The van der Waals surface area contributed by atoms with E-state index in [-0.39, 0.29) is 18.0 Å². The summed E-state index contributed by atoms with van der Waals surface area (Å²) in [6.07, 6.45) is 19.4. The molecule has 2 aliphatic carbocycles. The number of hydrogen-bond acceptors (Lipinski definition) is 3. The Labute approximate surface area is 170 Å². The minimum atomic E-state index is -0.769. The van der Waals surface area contributed by atoms with E-state index in [9.17, 15) is 9.18 Å². The molecule has 0 heterocycles. The third kappa shape index (κ3) is 8.17. The van der Waals surface area contributed by atoms with Crippen LogP contribution in [0.3, 0.4) is 0 Å². The summed E-state index contributed by atoms with van der Waals surface area (Å²) in [5.41, 5.74) is 0. The van der Waals surface area contributed by atoms with Gasteiger partial charge >= 0.3 is 5.97 Å². The lowest BCUT2D eigenvalue weighted by molar-refractivity contribution is -0.157. The van der Waals surface area contributed by atoms with E-state index in [1.54, 1.807) is 6.08 Å². The Kier molecular flexibility index (Phi) is 10.3. The number of ether oxygens (including phenoxy) is 1. The van der Waals surface area contributed by atoms with Crippen molar-refractivity contribution in [2.75, 3.05) is 0 Å². The molecule has 0 atom stereocenters. The second-order valence-corrected chi connectivity index (χ2v) is 8.55. The molecule has 0 saturated heterocycles. The minimum absolute atomic E-state index is 0.0162. The molecule has 156 valence electrons. The van der Waals surface area contributed by atoms with Crippen molar-refractivity contribution in [3.05, 3.63) is 24.1 Å². The third-order valence-corrected chi connectivity index (χ3v) is 6.38. The number of carbonyl (C=O) groups excluding carboxylic acids is 1. The maximum Gasteiger partial charge on any atom is 0.309 e. The van der Waals surface area contributed by atoms with E-state index < -0.39 is 5.83 Å². The molecule has 4 heteroatoms. The Hall–Kier alpha value is -1.63. The lowest BCUT2D eigenvalue weighted by Crippen LogP contribution is -2.29. The molecule has 0 radical (unpaired) electrons. The number of hydrogen-bond donors (Lipinski definition) is 0. The van der Waals surface area contributed by atoms with Gasteiger partial charge in [-0.2, -0.15) is 9.65 Å². The van der Waals surface area contributed by atoms with E-state index in [1.807, 2.05) is 6.08 Å². The summed E-state index contributed by atoms with van der Waals surface area (Å²) in [6, 6.07) is 1.47. The molecule has 28 heavy (non-hydrogen) atoms. The van der Waals surface area contributed by atoms with Crippen LogP contribution in [0.15, 0.2) is 24.1 Å². The van der Waals surface area contributed by atoms with Gasteiger partial charge in [-0.25, -0.2) is 0 Å². The van der Waals surface area contributed by atoms with Gasteiger partial charge in [-0.3, -0.25) is 4.79 Å². The van der Waals surface area contributed by atoms with Crippen molar-refractivity contribution in [3.63, 3.8) is 0 Å². The zero-order valence-corrected chi connectivity index (χ0v) is 17.4. The van der Waals surface area contributed by atoms with Gasteiger partial charge in [0.15, 0.2) is 5.83 Å². The Bertz CT molecular complexity index is 562. The van der Waals surface area contributed by atoms with Crippen molar-refractivity contribution < 1.29 is 13.9 Å². The Morgan fingerprint density at radius 3 is 2.43 bits per heavy atom. The van der Waals surface area contributed by atoms with Crippen LogP contribution in [0.2, 0.25) is 0 Å². The molecule has 0 bridgehead atoms. The summed E-state index contributed by atoms with van der Waals surface area (Å²) in [5, 5.41) is 8.39. The number of rotatable bonds is 9. The minimum Gasteiger partial charge on any atom is -0.462 e. The average molecular weight is 390 g/mol. The molecule has 2 aliphatic rings. The number of nitrogens with zero attached hydrogens (tertiary/aromatic N) is 1. The fourth-order valence-electron chi connectivity index (χ4n) is 4.54. The predicted molar refractivity (Wildman–Crippen MR) is 110 cm³/mol. The van der Waals surface area contributed by atoms with Gasteiger partial charge in [0.25, 0.3) is 0 Å². The fourth-order valence-corrected chi connectivity index (χ4v) is 4.54. The quantitative estimate of drug-likeness (QED) is 0.189. The zero-order valence-electron chi connectivity index (χ0n) is 17.4. The molecule has 2 rings (SSSR count). The van der Waals surface area contributed by atoms with Gasteiger partial charge in [-0.05, 0) is 69.3 Å². The lowest BCUT2D eigenvalue weighted by atomic mass is 9.79. The molecule has 3 nitrogen and oxygen atoms in total. The topological polar surface area (TPSA) is 50.1 Å². The second-order valence-electron chi connectivity index (χ2n) is 8.55. The van der Waals surface area contributed by atoms with E-state index >= 15 is 0 Å². The first-order valence-electron chi connectivity index (χ1n) is 11.3. The third-order valence-electron chi connectivity index (χ3n) is 6.38. The summed E-state index contributed by atoms with van der Waals surface area (Å²) < 4.78 is 18.6. The summed E-state index contributed by atoms with van der Waals surface area (Å²) in [5.74, 6) is 0.532. The van der Waals surface area contributed by atoms with Crippen molar-refractivity contribution in [2.24, 2.45) is 17.8 Å². The lowest BCUT2D eigenvalue weighted by Gasteiger charge is -2.31. The molecular formula is C24H36FNO2. The molecular weight excluding hydrogens is 353 g/mol. The highest BCUT2D eigenvalue weighted by molar-refractivity contribution is 5.72. The van der Waals surface area contributed by atoms with Crippen LogP contribution < -0.4 is 0 Å². The van der Waals surface area contributed by atoms with Crippen molar-refractivity contribution in [2.45, 2.75) is 96.5 Å². The van der Waals surface area contributed by atoms with Crippen LogP contribution in [0.5, 0.6) is 0 Å². The normalized spacial score (nSPS) is 28.8. The number of carbonyl (C=O) groups is 1. The second kappa shape index (κ2) is 12.8. The molecule has 0 amide bonds. The van der Waals surface area contributed by atoms with Crippen LogP contribution in [-0.4, -0.2) is 12.1 Å². The number of esters is 1. The van der Waals surface area contributed by atoms with Gasteiger partial charge in [0.1, 0.15) is 12.2 Å². The Balaban J connectivity index is 1.62. The molecule has 0 N–H and O–H groups in total. The summed E-state index contributed by atoms with van der Waals surface area (Å²) >= 11 is 0. The van der Waals surface area contributed by atoms with Crippen LogP contribution in [0.1, 0.15) is 90.4 Å². The van der Waals surface area contributed by atoms with E-state index in [2.05, 4.69) is 6.92 Å². The maximum atomic E-state index is 12.8. The maximum absolute atomic E-state index is 12.8. The Morgan fingerprint density at radius 1 is 1.07 bits per heavy atom. The van der Waals surface area contributed by atoms with Crippen molar-refractivity contribution in [3.8, 4) is 6.07 Å². The molecule has 0 unspecified atom stereocenters. The van der Waals surface area contributed by atoms with Crippen LogP contribution >= 0.6 is 0 Å². The highest BCUT2D eigenvalue weighted by atomic mass is 19.1. The SMILES string of the molecule is CCCCCCC1CCC(C(=O)OC2CCC(/C=C/C=C(F)C#N)CC2)CC1. The fraction of sp³-hybridized carbons (Fsp3) is 0.750. The Morgan fingerprint density at radius 2 is 1.79 bits per heavy atom. The van der Waals surface area contributed by atoms with Gasteiger partial charge in [-0.1, -0.05) is 51.2 Å². The van der Waals surface area contributed by atoms with Gasteiger partial charge < -0.3 is 4.74 Å². The number of nitriles is 1. The van der Waals surface area contributed by atoms with Crippen LogP contribution in [-0.2, 0) is 9.53 Å². The molecule has 0 aliphatic heterocycles. The van der Waals surface area contributed by atoms with E-state index in [0.29, 0.717) is 5.92 Å². The first-order chi connectivity index (χ1) is 13.6. The van der Waals surface area contributed by atoms with Gasteiger partial charge in [0.2, 0.25) is 0 Å². The standard InChI is InChI=1S/C24H36FNO2/c1-2-3-4-5-7-19-10-14-21(15-11-19)24(27)28-23-16-12-20(13-17-23)8-6-9-22(25)18-26/h6,8-9,19-21,23H,2-5,7,10-17H2,1H3/b8-6+,22-9?. The van der Waals surface area contributed by atoms with E-state index in [4.69, 9.17) is 10.00 Å². The predicted octanol–water partition coefficient (Wildman–Crippen LogP) is 6.80. The summed E-state index contributed by atoms with van der Waals surface area (Å²) in [6.45, 7) is 2.25. The van der Waals surface area contributed by atoms with Crippen LogP contribution in [0, 0.1) is 29.1 Å². The largest absolute Gasteiger partial charge is 0.462 e. The van der Waals surface area contributed by atoms with Crippen molar-refractivity contribution in [1.82, 2.24) is 0 Å². The number of halogens is 1. The molecule has 0 aromatic carbocycles. The van der Waals surface area contributed by atoms with Crippen molar-refractivity contribution in [1.29, 1.82) is 5.26 Å². The number of allylic oxidation sites excluding steroid dienone is 4. The first-order valence-corrected chi connectivity index (χ1v) is 11.3. The molecule has 0 spiro atoms. The van der Waals surface area contributed by atoms with Crippen LogP contribution in [0.25, 0.3) is 0 Å². The van der Waals surface area contributed by atoms with Gasteiger partial charge in [0.05, 0.1) is 5.92 Å². The molecule has 0 aromatic heterocycles. The smallest absolute Gasteiger partial charge is 0.309 e. The van der Waals surface area contributed by atoms with E-state index in [0.717, 1.165) is 44.4 Å². The zero-order chi connectivity index (χ0) is 20.2. The molecule has 2 fully saturated rings. The van der Waals surface area contributed by atoms with Crippen molar-refractivity contribution >= 4 is 5.97 Å². The van der Waals surface area contributed by atoms with Gasteiger partial charge in [0, 0.05) is 0 Å². The highest BCUT2D eigenvalue weighted by Crippen LogP contribution is 2.34. The monoisotopic (exact) mass is 389 g/mol. The van der Waals surface area contributed by atoms with E-state index in [1.165, 1.54) is 57.1 Å². The average Bonchev–Trinajstić information content (AvgIpc) is 2.72. The van der Waals surface area contributed by atoms with Gasteiger partial charge in [-0.15, -0.1) is 0 Å². The molecule has 0 aromatic rings. The summed E-state index contributed by atoms with van der Waals surface area (Å²) in [7, 11) is 0. The highest BCUT2D eigenvalue weighted by Gasteiger charge is 2.30. The molecule has 2 saturated carbocycles. The van der Waals surface area contributed by atoms with Crippen LogP contribution in [0.4, 0.5) is 4.39 Å². The first kappa shape index (κ1) is 22.7. The number of unbranched alkanes of at least 4 members (excludes halogenated alkanes) is 3.